The molecule has 1 aliphatic rings. The number of likely N-dealkylation sites (N-methyl/N-ethyl adjacent to an activating group) is 1. The maximum Gasteiger partial charge on any atom is 0.311 e. The van der Waals surface area contributed by atoms with Crippen LogP contribution in [0.2, 0.25) is 5.15 Å². The summed E-state index contributed by atoms with van der Waals surface area (Å²) in [5, 5.41) is 3.08. The van der Waals surface area contributed by atoms with Crippen molar-refractivity contribution in [2.75, 3.05) is 24.2 Å². The van der Waals surface area contributed by atoms with Crippen LogP contribution in [0.3, 0.4) is 0 Å². The van der Waals surface area contributed by atoms with Gasteiger partial charge in [-0.05, 0) is 30.5 Å². The number of benzene rings is 1. The van der Waals surface area contributed by atoms with Crippen LogP contribution in [0.5, 0.6) is 5.75 Å². The van der Waals surface area contributed by atoms with Crippen LogP contribution in [0.1, 0.15) is 50.4 Å². The number of hydrogen-bond acceptors (Lipinski definition) is 7. The molecule has 0 saturated heterocycles. The lowest BCUT2D eigenvalue weighted by Gasteiger charge is -2.22. The van der Waals surface area contributed by atoms with Gasteiger partial charge in [-0.15, -0.1) is 0 Å². The number of amides is 1. The Bertz CT molecular complexity index is 929. The largest absolute Gasteiger partial charge is 0.419 e. The van der Waals surface area contributed by atoms with Crippen LogP contribution in [0.15, 0.2) is 24.3 Å². The van der Waals surface area contributed by atoms with Crippen LogP contribution >= 0.6 is 11.6 Å². The summed E-state index contributed by atoms with van der Waals surface area (Å²) in [7, 11) is 1.71. The number of nitrogens with zero attached hydrogens (tertiary/aromatic N) is 3. The average molecular weight is 446 g/mol. The van der Waals surface area contributed by atoms with Gasteiger partial charge in [0.25, 0.3) is 0 Å². The van der Waals surface area contributed by atoms with Gasteiger partial charge >= 0.3 is 5.97 Å². The predicted molar refractivity (Wildman–Crippen MR) is 120 cm³/mol. The molecule has 0 radical (unpaired) electrons. The van der Waals surface area contributed by atoms with Crippen molar-refractivity contribution in [3.63, 3.8) is 0 Å². The lowest BCUT2D eigenvalue weighted by molar-refractivity contribution is -0.134. The van der Waals surface area contributed by atoms with Gasteiger partial charge in [0.1, 0.15) is 5.82 Å². The number of carbonyl (C=O) groups excluding carboxylic acids is 2. The van der Waals surface area contributed by atoms with Gasteiger partial charge in [0, 0.05) is 31.6 Å². The first kappa shape index (κ1) is 22.8. The molecule has 8 nitrogen and oxygen atoms in total. The summed E-state index contributed by atoms with van der Waals surface area (Å²) in [6.45, 7) is 1.74. The Morgan fingerprint density at radius 1 is 1.23 bits per heavy atom. The molecule has 0 atom stereocenters. The Balaban J connectivity index is 1.84. The fourth-order valence-corrected chi connectivity index (χ4v) is 3.74. The number of nitrogens with one attached hydrogen (secondary N) is 1. The standard InChI is InChI=1S/C22H28ClN5O3/c1-3-19(30)31-20-21(23)26-17(12-14-8-10-15(24)11-9-14)27-22(20)28(2)13-18(29)25-16-6-4-5-7-16/h8-11,16H,3-7,12-13,24H2,1-2H3,(H,25,29). The van der Waals surface area contributed by atoms with Crippen molar-refractivity contribution in [1.29, 1.82) is 0 Å². The summed E-state index contributed by atoms with van der Waals surface area (Å²) < 4.78 is 5.40. The topological polar surface area (TPSA) is 110 Å². The summed E-state index contributed by atoms with van der Waals surface area (Å²) in [5.41, 5.74) is 7.37. The number of esters is 1. The van der Waals surface area contributed by atoms with E-state index < -0.39 is 5.97 Å². The molecule has 1 saturated carbocycles. The number of rotatable bonds is 8. The fraction of sp³-hybridized carbons (Fsp3) is 0.455. The number of anilines is 2. The Kier molecular flexibility index (Phi) is 7.68. The third kappa shape index (κ3) is 6.30. The maximum atomic E-state index is 12.5. The van der Waals surface area contributed by atoms with Gasteiger partial charge < -0.3 is 20.7 Å². The maximum absolute atomic E-state index is 12.5. The van der Waals surface area contributed by atoms with Crippen molar-refractivity contribution in [2.24, 2.45) is 0 Å². The third-order valence-electron chi connectivity index (χ3n) is 5.16. The second-order valence-electron chi connectivity index (χ2n) is 7.73. The first-order valence-electron chi connectivity index (χ1n) is 10.5. The van der Waals surface area contributed by atoms with Crippen LogP contribution in [0, 0.1) is 0 Å². The molecule has 0 unspecified atom stereocenters. The van der Waals surface area contributed by atoms with E-state index >= 15 is 0 Å². The van der Waals surface area contributed by atoms with Gasteiger partial charge in [-0.1, -0.05) is 43.5 Å². The molecule has 0 aliphatic heterocycles. The Labute approximate surface area is 187 Å². The average Bonchev–Trinajstić information content (AvgIpc) is 3.24. The minimum Gasteiger partial charge on any atom is -0.419 e. The highest BCUT2D eigenvalue weighted by molar-refractivity contribution is 6.31. The number of aromatic nitrogens is 2. The molecule has 166 valence electrons. The SMILES string of the molecule is CCC(=O)Oc1c(Cl)nc(Cc2ccc(N)cc2)nc1N(C)CC(=O)NC1CCCC1. The Morgan fingerprint density at radius 2 is 1.90 bits per heavy atom. The van der Waals surface area contributed by atoms with Crippen molar-refractivity contribution in [3.05, 3.63) is 40.8 Å². The zero-order valence-electron chi connectivity index (χ0n) is 17.9. The van der Waals surface area contributed by atoms with E-state index in [1.54, 1.807) is 31.0 Å². The Hall–Kier alpha value is -2.87. The molecule has 1 aromatic carbocycles. The van der Waals surface area contributed by atoms with Crippen molar-refractivity contribution < 1.29 is 14.3 Å². The molecule has 3 N–H and O–H groups in total. The minimum atomic E-state index is -0.457. The van der Waals surface area contributed by atoms with Gasteiger partial charge in [0.05, 0.1) is 6.54 Å². The monoisotopic (exact) mass is 445 g/mol. The van der Waals surface area contributed by atoms with E-state index in [1.807, 2.05) is 12.1 Å². The molecule has 0 spiro atoms. The number of hydrogen-bond donors (Lipinski definition) is 2. The summed E-state index contributed by atoms with van der Waals surface area (Å²) in [6, 6.07) is 7.59. The number of halogens is 1. The van der Waals surface area contributed by atoms with E-state index in [1.165, 1.54) is 0 Å². The van der Waals surface area contributed by atoms with Gasteiger partial charge in [0.15, 0.2) is 11.0 Å². The van der Waals surface area contributed by atoms with Gasteiger partial charge in [-0.3, -0.25) is 9.59 Å². The molecule has 1 fully saturated rings. The summed E-state index contributed by atoms with van der Waals surface area (Å²) >= 11 is 6.37. The van der Waals surface area contributed by atoms with Gasteiger partial charge in [-0.2, -0.15) is 0 Å². The van der Waals surface area contributed by atoms with Crippen molar-refractivity contribution in [3.8, 4) is 5.75 Å². The zero-order valence-corrected chi connectivity index (χ0v) is 18.6. The summed E-state index contributed by atoms with van der Waals surface area (Å²) in [6.07, 6.45) is 4.85. The van der Waals surface area contributed by atoms with Crippen molar-refractivity contribution >= 4 is 35.0 Å². The normalized spacial score (nSPS) is 13.8. The molecule has 31 heavy (non-hydrogen) atoms. The second-order valence-corrected chi connectivity index (χ2v) is 8.09. The van der Waals surface area contributed by atoms with Crippen LogP contribution in [0.4, 0.5) is 11.5 Å². The van der Waals surface area contributed by atoms with Crippen LogP contribution < -0.4 is 20.7 Å². The lowest BCUT2D eigenvalue weighted by Crippen LogP contribution is -2.40. The highest BCUT2D eigenvalue weighted by Gasteiger charge is 2.23. The highest BCUT2D eigenvalue weighted by Crippen LogP contribution is 2.33. The second kappa shape index (κ2) is 10.4. The lowest BCUT2D eigenvalue weighted by atomic mass is 10.1. The van der Waals surface area contributed by atoms with Crippen molar-refractivity contribution in [1.82, 2.24) is 15.3 Å². The highest BCUT2D eigenvalue weighted by atomic mass is 35.5. The van der Waals surface area contributed by atoms with Crippen LogP contribution in [-0.4, -0.2) is 41.5 Å². The number of nitrogen functional groups attached to an aromatic ring is 1. The van der Waals surface area contributed by atoms with E-state index in [4.69, 9.17) is 22.1 Å². The number of nitrogens with two attached hydrogens (primary N) is 1. The number of ether oxygens (including phenoxy) is 1. The smallest absolute Gasteiger partial charge is 0.311 e. The van der Waals surface area contributed by atoms with Crippen LogP contribution in [-0.2, 0) is 16.0 Å². The quantitative estimate of drug-likeness (QED) is 0.365. The van der Waals surface area contributed by atoms with Gasteiger partial charge in [0.2, 0.25) is 11.7 Å². The van der Waals surface area contributed by atoms with E-state index in [2.05, 4.69) is 15.3 Å². The van der Waals surface area contributed by atoms with E-state index in [9.17, 15) is 9.59 Å². The van der Waals surface area contributed by atoms with E-state index in [0.717, 1.165) is 31.2 Å². The molecule has 1 aromatic heterocycles. The van der Waals surface area contributed by atoms with Crippen LogP contribution in [0.25, 0.3) is 0 Å². The molecule has 1 heterocycles. The molecule has 0 bridgehead atoms. The molecule has 3 rings (SSSR count). The molecule has 1 amide bonds. The first-order chi connectivity index (χ1) is 14.9. The summed E-state index contributed by atoms with van der Waals surface area (Å²) in [5.74, 6) is 0.238. The fourth-order valence-electron chi connectivity index (χ4n) is 3.52. The molecular formula is C22H28ClN5O3. The van der Waals surface area contributed by atoms with E-state index in [-0.39, 0.29) is 35.8 Å². The summed E-state index contributed by atoms with van der Waals surface area (Å²) in [4.78, 5) is 34.9. The molecular weight excluding hydrogens is 418 g/mol. The zero-order chi connectivity index (χ0) is 22.4. The molecule has 2 aromatic rings. The van der Waals surface area contributed by atoms with Crippen molar-refractivity contribution in [2.45, 2.75) is 51.5 Å². The molecule has 9 heteroatoms. The first-order valence-corrected chi connectivity index (χ1v) is 10.9. The minimum absolute atomic E-state index is 0.0281. The predicted octanol–water partition coefficient (Wildman–Crippen LogP) is 3.11. The number of carbonyl (C=O) groups is 2. The molecule has 1 aliphatic carbocycles. The van der Waals surface area contributed by atoms with E-state index in [0.29, 0.717) is 23.8 Å². The Morgan fingerprint density at radius 3 is 2.55 bits per heavy atom. The van der Waals surface area contributed by atoms with Gasteiger partial charge in [-0.25, -0.2) is 9.97 Å². The third-order valence-corrected chi connectivity index (χ3v) is 5.42.